The second kappa shape index (κ2) is 8.36. The lowest BCUT2D eigenvalue weighted by Gasteiger charge is -2.17. The normalized spacial score (nSPS) is 13.9. The molecule has 2 aromatic heterocycles. The summed E-state index contributed by atoms with van der Waals surface area (Å²) in [4.78, 5) is 0. The minimum atomic E-state index is -0.883. The molecule has 0 fully saturated rings. The molecule has 0 spiro atoms. The Bertz CT molecular complexity index is 1790. The Labute approximate surface area is 217 Å². The van der Waals surface area contributed by atoms with Crippen LogP contribution in [-0.2, 0) is 12.8 Å². The Morgan fingerprint density at radius 3 is 2.31 bits per heavy atom. The van der Waals surface area contributed by atoms with Crippen LogP contribution in [0.25, 0.3) is 44.1 Å². The van der Waals surface area contributed by atoms with Crippen LogP contribution in [-0.4, -0.2) is 28.2 Å². The van der Waals surface area contributed by atoms with Crippen molar-refractivity contribution in [3.8, 4) is 11.4 Å². The topological polar surface area (TPSA) is 9.86 Å². The van der Waals surface area contributed by atoms with Gasteiger partial charge in [-0.25, -0.2) is 0 Å². The summed E-state index contributed by atoms with van der Waals surface area (Å²) in [5.41, 5.74) is 9.77. The van der Waals surface area contributed by atoms with Crippen molar-refractivity contribution in [3.05, 3.63) is 96.2 Å². The molecule has 0 saturated heterocycles. The van der Waals surface area contributed by atoms with E-state index in [0.29, 0.717) is 0 Å². The molecule has 4 heteroatoms. The van der Waals surface area contributed by atoms with Crippen LogP contribution in [0.4, 0.5) is 0 Å². The predicted octanol–water partition coefficient (Wildman–Crippen LogP) is 5.29. The van der Waals surface area contributed by atoms with Gasteiger partial charge in [-0.3, -0.25) is 0 Å². The van der Waals surface area contributed by atoms with Crippen LogP contribution in [0.5, 0.6) is 0 Å². The second-order valence-electron chi connectivity index (χ2n) is 10.8. The van der Waals surface area contributed by atoms with Crippen LogP contribution in [0, 0.1) is 0 Å². The second-order valence-corrected chi connectivity index (χ2v) is 14.9. The largest absolute Gasteiger partial charge is 0.313 e. The SMILES string of the molecule is C[SiH](C)c1cccc(-n2c3c(c4c2ccc2c5ccccc5n(-c5cccc([SiH3])c5)c24)CCCC3)c1. The number of fused-ring (bicyclic) bond motifs is 7. The fourth-order valence-electron chi connectivity index (χ4n) is 6.43. The first-order chi connectivity index (χ1) is 17.6. The number of para-hydroxylation sites is 1. The summed E-state index contributed by atoms with van der Waals surface area (Å²) in [5.74, 6) is 0. The summed E-state index contributed by atoms with van der Waals surface area (Å²) in [5, 5.41) is 7.14. The van der Waals surface area contributed by atoms with E-state index in [1.807, 2.05) is 0 Å². The highest BCUT2D eigenvalue weighted by molar-refractivity contribution is 6.70. The fourth-order valence-corrected chi connectivity index (χ4v) is 7.92. The smallest absolute Gasteiger partial charge is 0.0648 e. The molecule has 0 bridgehead atoms. The predicted molar refractivity (Wildman–Crippen MR) is 162 cm³/mol. The van der Waals surface area contributed by atoms with E-state index in [0.717, 1.165) is 16.7 Å². The van der Waals surface area contributed by atoms with Gasteiger partial charge >= 0.3 is 0 Å². The minimum absolute atomic E-state index is 0.883. The maximum absolute atomic E-state index is 2.61. The van der Waals surface area contributed by atoms with Gasteiger partial charge in [0.25, 0.3) is 0 Å². The van der Waals surface area contributed by atoms with Crippen LogP contribution in [0.3, 0.4) is 0 Å². The molecule has 7 rings (SSSR count). The summed E-state index contributed by atoms with van der Waals surface area (Å²) in [6.45, 7) is 4.85. The summed E-state index contributed by atoms with van der Waals surface area (Å²) < 4.78 is 5.15. The van der Waals surface area contributed by atoms with Crippen LogP contribution in [0.1, 0.15) is 24.1 Å². The third-order valence-electron chi connectivity index (χ3n) is 8.12. The lowest BCUT2D eigenvalue weighted by molar-refractivity contribution is 0.667. The van der Waals surface area contributed by atoms with Crippen molar-refractivity contribution in [3.63, 3.8) is 0 Å². The van der Waals surface area contributed by atoms with E-state index in [9.17, 15) is 0 Å². The maximum atomic E-state index is 2.61. The number of nitrogens with zero attached hydrogens (tertiary/aromatic N) is 2. The monoisotopic (exact) mass is 500 g/mol. The molecular weight excluding hydrogens is 469 g/mol. The van der Waals surface area contributed by atoms with E-state index < -0.39 is 8.80 Å². The van der Waals surface area contributed by atoms with Crippen molar-refractivity contribution < 1.29 is 0 Å². The summed E-state index contributed by atoms with van der Waals surface area (Å²) in [6.07, 6.45) is 4.87. The third-order valence-corrected chi connectivity index (χ3v) is 10.4. The van der Waals surface area contributed by atoms with Gasteiger partial charge in [-0.15, -0.1) is 0 Å². The van der Waals surface area contributed by atoms with Gasteiger partial charge in [-0.2, -0.15) is 0 Å². The number of aryl methyl sites for hydroxylation is 1. The standard InChI is InChI=1S/C32H32N2Si2/c1-36(2)24-12-8-10-22(20-24)33-29-16-6-4-14-27(29)31-30(33)18-17-26-25-13-3-5-15-28(25)34(32(26)31)21-9-7-11-23(35)19-21/h3,5,7-13,15,17-20,36H,4,6,14,16H2,1-2,35H3. The first-order valence-corrected chi connectivity index (χ1v) is 17.3. The fraction of sp³-hybridized carbons (Fsp3) is 0.188. The van der Waals surface area contributed by atoms with Gasteiger partial charge in [0, 0.05) is 43.5 Å². The van der Waals surface area contributed by atoms with E-state index in [1.165, 1.54) is 79.4 Å². The lowest BCUT2D eigenvalue weighted by atomic mass is 9.94. The summed E-state index contributed by atoms with van der Waals surface area (Å²) >= 11 is 0. The molecule has 0 unspecified atom stereocenters. The van der Waals surface area contributed by atoms with Gasteiger partial charge in [0.1, 0.15) is 0 Å². The van der Waals surface area contributed by atoms with Gasteiger partial charge in [0.15, 0.2) is 0 Å². The molecule has 178 valence electrons. The van der Waals surface area contributed by atoms with Crippen molar-refractivity contribution in [2.45, 2.75) is 38.8 Å². The Morgan fingerprint density at radius 2 is 1.47 bits per heavy atom. The Hall–Kier alpha value is -3.35. The van der Waals surface area contributed by atoms with Crippen molar-refractivity contribution in [2.75, 3.05) is 0 Å². The zero-order valence-corrected chi connectivity index (χ0v) is 24.5. The van der Waals surface area contributed by atoms with Crippen molar-refractivity contribution in [1.82, 2.24) is 9.13 Å². The Kier molecular flexibility index (Phi) is 5.08. The third kappa shape index (κ3) is 3.21. The average molecular weight is 501 g/mol. The lowest BCUT2D eigenvalue weighted by Crippen LogP contribution is -2.23. The molecule has 0 atom stereocenters. The van der Waals surface area contributed by atoms with Gasteiger partial charge in [0.2, 0.25) is 0 Å². The minimum Gasteiger partial charge on any atom is -0.313 e. The zero-order chi connectivity index (χ0) is 24.4. The van der Waals surface area contributed by atoms with Crippen LogP contribution < -0.4 is 10.4 Å². The van der Waals surface area contributed by atoms with Crippen molar-refractivity contribution >= 4 is 62.1 Å². The highest BCUT2D eigenvalue weighted by atomic mass is 28.3. The number of rotatable bonds is 3. The van der Waals surface area contributed by atoms with E-state index >= 15 is 0 Å². The highest BCUT2D eigenvalue weighted by Crippen LogP contribution is 2.42. The van der Waals surface area contributed by atoms with E-state index in [2.05, 4.69) is 107 Å². The quantitative estimate of drug-likeness (QED) is 0.292. The molecule has 1 aliphatic rings. The van der Waals surface area contributed by atoms with E-state index in [-0.39, 0.29) is 0 Å². The molecule has 36 heavy (non-hydrogen) atoms. The molecule has 1 aliphatic carbocycles. The maximum Gasteiger partial charge on any atom is 0.0648 e. The Morgan fingerprint density at radius 1 is 0.694 bits per heavy atom. The van der Waals surface area contributed by atoms with Crippen molar-refractivity contribution in [2.24, 2.45) is 0 Å². The van der Waals surface area contributed by atoms with Gasteiger partial charge in [0.05, 0.1) is 25.3 Å². The summed E-state index contributed by atoms with van der Waals surface area (Å²) in [6, 6.07) is 32.3. The van der Waals surface area contributed by atoms with Crippen LogP contribution in [0.2, 0.25) is 13.1 Å². The molecule has 0 N–H and O–H groups in total. The first kappa shape index (κ1) is 21.9. The molecule has 2 heterocycles. The molecule has 0 radical (unpaired) electrons. The Balaban J connectivity index is 1.66. The number of aromatic nitrogens is 2. The number of hydrogen-bond acceptors (Lipinski definition) is 0. The first-order valence-electron chi connectivity index (χ1n) is 13.4. The molecule has 0 amide bonds. The van der Waals surface area contributed by atoms with Gasteiger partial charge in [-0.1, -0.05) is 72.0 Å². The van der Waals surface area contributed by atoms with Crippen LogP contribution in [0.15, 0.2) is 84.9 Å². The number of hydrogen-bond donors (Lipinski definition) is 0. The molecule has 0 aliphatic heterocycles. The number of benzene rings is 4. The van der Waals surface area contributed by atoms with E-state index in [1.54, 1.807) is 5.56 Å². The van der Waals surface area contributed by atoms with Gasteiger partial charge < -0.3 is 9.13 Å². The van der Waals surface area contributed by atoms with Crippen molar-refractivity contribution in [1.29, 1.82) is 0 Å². The highest BCUT2D eigenvalue weighted by Gasteiger charge is 2.25. The van der Waals surface area contributed by atoms with Gasteiger partial charge in [-0.05, 0) is 67.6 Å². The average Bonchev–Trinajstić information content (AvgIpc) is 3.41. The zero-order valence-electron chi connectivity index (χ0n) is 21.4. The molecule has 0 saturated carbocycles. The molecule has 2 nitrogen and oxygen atoms in total. The molecule has 6 aromatic rings. The molecular formula is C32H32N2Si2. The molecule has 4 aromatic carbocycles. The van der Waals surface area contributed by atoms with Crippen LogP contribution >= 0.6 is 0 Å². The summed E-state index contributed by atoms with van der Waals surface area (Å²) in [7, 11) is 0.172. The van der Waals surface area contributed by atoms with E-state index in [4.69, 9.17) is 0 Å².